The monoisotopic (exact) mass is 274 g/mol. The van der Waals surface area contributed by atoms with Crippen molar-refractivity contribution in [2.24, 2.45) is 11.7 Å². The summed E-state index contributed by atoms with van der Waals surface area (Å²) in [4.78, 5) is 14.4. The van der Waals surface area contributed by atoms with Crippen LogP contribution in [0.25, 0.3) is 0 Å². The van der Waals surface area contributed by atoms with Crippen LogP contribution in [0.4, 0.5) is 0 Å². The molecule has 3 unspecified atom stereocenters. The van der Waals surface area contributed by atoms with Gasteiger partial charge in [-0.1, -0.05) is 37.3 Å². The lowest BCUT2D eigenvalue weighted by molar-refractivity contribution is -0.135. The summed E-state index contributed by atoms with van der Waals surface area (Å²) in [7, 11) is 0. The SMILES string of the molecule is CC(N)C(C)C(=O)N1CCCC(c2ccccc2)CC1. The Kier molecular flexibility index (Phi) is 5.18. The maximum atomic E-state index is 12.4. The van der Waals surface area contributed by atoms with E-state index in [9.17, 15) is 4.79 Å². The number of hydrogen-bond donors (Lipinski definition) is 1. The van der Waals surface area contributed by atoms with E-state index in [1.54, 1.807) is 0 Å². The van der Waals surface area contributed by atoms with Gasteiger partial charge < -0.3 is 10.6 Å². The number of rotatable bonds is 3. The first-order valence-electron chi connectivity index (χ1n) is 7.69. The van der Waals surface area contributed by atoms with Crippen molar-refractivity contribution in [1.29, 1.82) is 0 Å². The number of benzene rings is 1. The minimum absolute atomic E-state index is 0.0735. The Morgan fingerprint density at radius 3 is 2.55 bits per heavy atom. The summed E-state index contributed by atoms with van der Waals surface area (Å²) in [5.74, 6) is 0.719. The minimum Gasteiger partial charge on any atom is -0.342 e. The van der Waals surface area contributed by atoms with E-state index in [1.165, 1.54) is 12.0 Å². The number of hydrogen-bond acceptors (Lipinski definition) is 2. The second kappa shape index (κ2) is 6.89. The molecule has 1 saturated heterocycles. The molecule has 0 aliphatic carbocycles. The van der Waals surface area contributed by atoms with Gasteiger partial charge in [0.05, 0.1) is 5.92 Å². The summed E-state index contributed by atoms with van der Waals surface area (Å²) in [5.41, 5.74) is 7.26. The molecule has 0 spiro atoms. The summed E-state index contributed by atoms with van der Waals surface area (Å²) in [6.07, 6.45) is 3.30. The van der Waals surface area contributed by atoms with Crippen LogP contribution in [0.3, 0.4) is 0 Å². The zero-order chi connectivity index (χ0) is 14.5. The maximum absolute atomic E-state index is 12.4. The highest BCUT2D eigenvalue weighted by Gasteiger charge is 2.26. The Morgan fingerprint density at radius 2 is 1.90 bits per heavy atom. The normalized spacial score (nSPS) is 22.9. The van der Waals surface area contributed by atoms with Gasteiger partial charge in [-0.3, -0.25) is 4.79 Å². The van der Waals surface area contributed by atoms with Crippen molar-refractivity contribution in [3.05, 3.63) is 35.9 Å². The lowest BCUT2D eigenvalue weighted by Gasteiger charge is -2.26. The van der Waals surface area contributed by atoms with Gasteiger partial charge in [0.25, 0.3) is 0 Å². The number of nitrogens with two attached hydrogens (primary N) is 1. The maximum Gasteiger partial charge on any atom is 0.226 e. The molecule has 0 saturated carbocycles. The van der Waals surface area contributed by atoms with Crippen molar-refractivity contribution in [1.82, 2.24) is 4.90 Å². The average molecular weight is 274 g/mol. The van der Waals surface area contributed by atoms with E-state index < -0.39 is 0 Å². The predicted molar refractivity (Wildman–Crippen MR) is 82.4 cm³/mol. The number of amides is 1. The first-order valence-corrected chi connectivity index (χ1v) is 7.69. The van der Waals surface area contributed by atoms with Gasteiger partial charge in [0, 0.05) is 19.1 Å². The molecule has 1 aliphatic heterocycles. The summed E-state index contributed by atoms with van der Waals surface area (Å²) in [6.45, 7) is 5.58. The van der Waals surface area contributed by atoms with Gasteiger partial charge in [-0.2, -0.15) is 0 Å². The zero-order valence-corrected chi connectivity index (χ0v) is 12.6. The fourth-order valence-corrected chi connectivity index (χ4v) is 2.89. The first-order chi connectivity index (χ1) is 9.59. The zero-order valence-electron chi connectivity index (χ0n) is 12.6. The summed E-state index contributed by atoms with van der Waals surface area (Å²) < 4.78 is 0. The van der Waals surface area contributed by atoms with Crippen LogP contribution >= 0.6 is 0 Å². The molecule has 1 aliphatic rings. The molecule has 1 heterocycles. The molecule has 0 radical (unpaired) electrons. The molecule has 1 aromatic rings. The number of nitrogens with zero attached hydrogens (tertiary/aromatic N) is 1. The molecule has 1 aromatic carbocycles. The van der Waals surface area contributed by atoms with Gasteiger partial charge in [-0.25, -0.2) is 0 Å². The van der Waals surface area contributed by atoms with Crippen LogP contribution in [-0.4, -0.2) is 29.9 Å². The largest absolute Gasteiger partial charge is 0.342 e. The molecular formula is C17H26N2O. The van der Waals surface area contributed by atoms with Gasteiger partial charge >= 0.3 is 0 Å². The quantitative estimate of drug-likeness (QED) is 0.921. The second-order valence-corrected chi connectivity index (χ2v) is 6.01. The Hall–Kier alpha value is -1.35. The molecule has 20 heavy (non-hydrogen) atoms. The first kappa shape index (κ1) is 15.0. The summed E-state index contributed by atoms with van der Waals surface area (Å²) in [5, 5.41) is 0. The summed E-state index contributed by atoms with van der Waals surface area (Å²) in [6, 6.07) is 10.6. The second-order valence-electron chi connectivity index (χ2n) is 6.01. The van der Waals surface area contributed by atoms with Gasteiger partial charge in [0.2, 0.25) is 5.91 Å². The van der Waals surface area contributed by atoms with Crippen LogP contribution < -0.4 is 5.73 Å². The third-order valence-electron chi connectivity index (χ3n) is 4.49. The van der Waals surface area contributed by atoms with E-state index in [1.807, 2.05) is 18.7 Å². The molecule has 1 fully saturated rings. The van der Waals surface area contributed by atoms with E-state index in [4.69, 9.17) is 5.73 Å². The van der Waals surface area contributed by atoms with Gasteiger partial charge in [-0.05, 0) is 37.7 Å². The van der Waals surface area contributed by atoms with Crippen molar-refractivity contribution < 1.29 is 4.79 Å². The average Bonchev–Trinajstić information content (AvgIpc) is 2.72. The molecule has 2 N–H and O–H groups in total. The number of carbonyl (C=O) groups is 1. The highest BCUT2D eigenvalue weighted by molar-refractivity contribution is 5.79. The van der Waals surface area contributed by atoms with Crippen molar-refractivity contribution in [3.63, 3.8) is 0 Å². The van der Waals surface area contributed by atoms with Crippen LogP contribution in [-0.2, 0) is 4.79 Å². The minimum atomic E-state index is -0.0803. The highest BCUT2D eigenvalue weighted by Crippen LogP contribution is 2.28. The Morgan fingerprint density at radius 1 is 1.20 bits per heavy atom. The summed E-state index contributed by atoms with van der Waals surface area (Å²) >= 11 is 0. The van der Waals surface area contributed by atoms with Gasteiger partial charge in [-0.15, -0.1) is 0 Å². The van der Waals surface area contributed by atoms with E-state index >= 15 is 0 Å². The lowest BCUT2D eigenvalue weighted by Crippen LogP contribution is -2.42. The van der Waals surface area contributed by atoms with Crippen molar-refractivity contribution in [2.45, 2.75) is 45.1 Å². The van der Waals surface area contributed by atoms with E-state index in [0.29, 0.717) is 5.92 Å². The molecule has 1 amide bonds. The van der Waals surface area contributed by atoms with E-state index in [2.05, 4.69) is 30.3 Å². The fourth-order valence-electron chi connectivity index (χ4n) is 2.89. The Bertz CT molecular complexity index is 430. The highest BCUT2D eigenvalue weighted by atomic mass is 16.2. The Labute approximate surface area is 122 Å². The molecule has 3 atom stereocenters. The molecule has 2 rings (SSSR count). The number of carbonyl (C=O) groups excluding carboxylic acids is 1. The number of likely N-dealkylation sites (tertiary alicyclic amines) is 1. The fraction of sp³-hybridized carbons (Fsp3) is 0.588. The van der Waals surface area contributed by atoms with E-state index in [-0.39, 0.29) is 17.9 Å². The smallest absolute Gasteiger partial charge is 0.226 e. The van der Waals surface area contributed by atoms with Crippen molar-refractivity contribution in [2.75, 3.05) is 13.1 Å². The van der Waals surface area contributed by atoms with Crippen LogP contribution in [0, 0.1) is 5.92 Å². The van der Waals surface area contributed by atoms with E-state index in [0.717, 1.165) is 25.9 Å². The van der Waals surface area contributed by atoms with Gasteiger partial charge in [0.1, 0.15) is 0 Å². The lowest BCUT2D eigenvalue weighted by atomic mass is 9.92. The molecule has 3 heteroatoms. The third-order valence-corrected chi connectivity index (χ3v) is 4.49. The van der Waals surface area contributed by atoms with Gasteiger partial charge in [0.15, 0.2) is 0 Å². The molecular weight excluding hydrogens is 248 g/mol. The predicted octanol–water partition coefficient (Wildman–Crippen LogP) is 2.77. The van der Waals surface area contributed by atoms with Crippen LogP contribution in [0.2, 0.25) is 0 Å². The molecule has 3 nitrogen and oxygen atoms in total. The third kappa shape index (κ3) is 3.60. The van der Waals surface area contributed by atoms with Crippen molar-refractivity contribution >= 4 is 5.91 Å². The Balaban J connectivity index is 1.97. The molecule has 0 bridgehead atoms. The standard InChI is InChI=1S/C17H26N2O/c1-13(14(2)18)17(20)19-11-6-9-16(10-12-19)15-7-4-3-5-8-15/h3-5,7-8,13-14,16H,6,9-12,18H2,1-2H3. The molecule has 110 valence electrons. The van der Waals surface area contributed by atoms with Crippen molar-refractivity contribution in [3.8, 4) is 0 Å². The van der Waals surface area contributed by atoms with Crippen LogP contribution in [0.1, 0.15) is 44.6 Å². The molecule has 0 aromatic heterocycles. The van der Waals surface area contributed by atoms with Crippen LogP contribution in [0.15, 0.2) is 30.3 Å². The van der Waals surface area contributed by atoms with Crippen LogP contribution in [0.5, 0.6) is 0 Å². The topological polar surface area (TPSA) is 46.3 Å².